The molecule has 0 aromatic heterocycles. The first kappa shape index (κ1) is 9.08. The van der Waals surface area contributed by atoms with Gasteiger partial charge in [0.2, 0.25) is 0 Å². The fourth-order valence-electron chi connectivity index (χ4n) is 1.79. The molecule has 2 rings (SSSR count). The lowest BCUT2D eigenvalue weighted by Gasteiger charge is -2.36. The van der Waals surface area contributed by atoms with Gasteiger partial charge in [0.15, 0.2) is 0 Å². The van der Waals surface area contributed by atoms with Gasteiger partial charge in [0.1, 0.15) is 5.54 Å². The van der Waals surface area contributed by atoms with Crippen LogP contribution in [0, 0.1) is 18.3 Å². The van der Waals surface area contributed by atoms with E-state index in [-0.39, 0.29) is 5.54 Å². The molecule has 1 aliphatic carbocycles. The molecule has 0 amide bonds. The van der Waals surface area contributed by atoms with Gasteiger partial charge in [0.05, 0.1) is 6.07 Å². The van der Waals surface area contributed by atoms with Gasteiger partial charge in [-0.25, -0.2) is 0 Å². The summed E-state index contributed by atoms with van der Waals surface area (Å²) in [6.07, 6.45) is 3.10. The monoisotopic (exact) mass is 186 g/mol. The fraction of sp³-hybridized carbons (Fsp3) is 0.417. The first-order chi connectivity index (χ1) is 6.74. The molecule has 2 nitrogen and oxygen atoms in total. The van der Waals surface area contributed by atoms with Crippen molar-refractivity contribution in [3.8, 4) is 6.07 Å². The average molecular weight is 186 g/mol. The third-order valence-corrected chi connectivity index (χ3v) is 2.82. The summed E-state index contributed by atoms with van der Waals surface area (Å²) in [6, 6.07) is 10.5. The van der Waals surface area contributed by atoms with Crippen LogP contribution >= 0.6 is 0 Å². The number of hydrogen-bond acceptors (Lipinski definition) is 2. The molecule has 1 aliphatic rings. The predicted octanol–water partition coefficient (Wildman–Crippen LogP) is 2.85. The van der Waals surface area contributed by atoms with E-state index in [1.165, 1.54) is 5.56 Å². The molecule has 1 aromatic carbocycles. The average Bonchev–Trinajstić information content (AvgIpc) is 2.11. The second kappa shape index (κ2) is 3.34. The van der Waals surface area contributed by atoms with E-state index in [2.05, 4.69) is 30.4 Å². The third kappa shape index (κ3) is 1.58. The van der Waals surface area contributed by atoms with Crippen molar-refractivity contribution in [2.24, 2.45) is 0 Å². The summed E-state index contributed by atoms with van der Waals surface area (Å²) in [4.78, 5) is 0. The van der Waals surface area contributed by atoms with Crippen LogP contribution in [-0.4, -0.2) is 5.54 Å². The molecular weight excluding hydrogens is 172 g/mol. The molecule has 0 radical (unpaired) electrons. The number of rotatable bonds is 2. The zero-order valence-electron chi connectivity index (χ0n) is 8.38. The Morgan fingerprint density at radius 2 is 2.21 bits per heavy atom. The summed E-state index contributed by atoms with van der Waals surface area (Å²) in [6.45, 7) is 2.06. The van der Waals surface area contributed by atoms with Gasteiger partial charge in [-0.15, -0.1) is 0 Å². The lowest BCUT2D eigenvalue weighted by atomic mass is 9.78. The van der Waals surface area contributed by atoms with Crippen molar-refractivity contribution in [1.29, 1.82) is 5.26 Å². The van der Waals surface area contributed by atoms with Crippen molar-refractivity contribution in [3.63, 3.8) is 0 Å². The number of nitrogens with zero attached hydrogens (tertiary/aromatic N) is 1. The highest BCUT2D eigenvalue weighted by molar-refractivity contribution is 5.50. The molecule has 0 spiro atoms. The molecule has 72 valence electrons. The highest BCUT2D eigenvalue weighted by atomic mass is 15.0. The Morgan fingerprint density at radius 3 is 2.71 bits per heavy atom. The first-order valence-corrected chi connectivity index (χ1v) is 5.00. The van der Waals surface area contributed by atoms with Gasteiger partial charge >= 0.3 is 0 Å². The standard InChI is InChI=1S/C12H14N2/c1-10-4-2-5-11(8-10)14-12(9-13)6-3-7-12/h2,4-5,8,14H,3,6-7H2,1H3. The topological polar surface area (TPSA) is 35.8 Å². The van der Waals surface area contributed by atoms with Crippen molar-refractivity contribution in [2.45, 2.75) is 31.7 Å². The second-order valence-corrected chi connectivity index (χ2v) is 4.04. The van der Waals surface area contributed by atoms with Gasteiger partial charge < -0.3 is 5.32 Å². The van der Waals surface area contributed by atoms with E-state index in [0.717, 1.165) is 24.9 Å². The molecule has 0 heterocycles. The second-order valence-electron chi connectivity index (χ2n) is 4.04. The Balaban J connectivity index is 2.14. The van der Waals surface area contributed by atoms with E-state index in [4.69, 9.17) is 5.26 Å². The van der Waals surface area contributed by atoms with Crippen LogP contribution in [-0.2, 0) is 0 Å². The van der Waals surface area contributed by atoms with E-state index in [1.54, 1.807) is 0 Å². The Labute approximate surface area is 84.6 Å². The Bertz CT molecular complexity index is 372. The minimum absolute atomic E-state index is 0.284. The zero-order chi connectivity index (χ0) is 10.0. The highest BCUT2D eigenvalue weighted by Gasteiger charge is 2.36. The summed E-state index contributed by atoms with van der Waals surface area (Å²) >= 11 is 0. The van der Waals surface area contributed by atoms with Gasteiger partial charge in [-0.2, -0.15) is 5.26 Å². The van der Waals surface area contributed by atoms with Crippen LogP contribution < -0.4 is 5.32 Å². The van der Waals surface area contributed by atoms with Crippen LogP contribution in [0.15, 0.2) is 24.3 Å². The van der Waals surface area contributed by atoms with Crippen LogP contribution in [0.25, 0.3) is 0 Å². The van der Waals surface area contributed by atoms with Crippen molar-refractivity contribution < 1.29 is 0 Å². The van der Waals surface area contributed by atoms with Gasteiger partial charge in [-0.3, -0.25) is 0 Å². The van der Waals surface area contributed by atoms with Crippen LogP contribution in [0.4, 0.5) is 5.69 Å². The lowest BCUT2D eigenvalue weighted by molar-refractivity contribution is 0.356. The lowest BCUT2D eigenvalue weighted by Crippen LogP contribution is -2.43. The van der Waals surface area contributed by atoms with Crippen molar-refractivity contribution >= 4 is 5.69 Å². The smallest absolute Gasteiger partial charge is 0.125 e. The Morgan fingerprint density at radius 1 is 1.43 bits per heavy atom. The highest BCUT2D eigenvalue weighted by Crippen LogP contribution is 2.34. The number of nitriles is 1. The normalized spacial score (nSPS) is 18.0. The molecular formula is C12H14N2. The van der Waals surface area contributed by atoms with E-state index < -0.39 is 0 Å². The first-order valence-electron chi connectivity index (χ1n) is 5.00. The van der Waals surface area contributed by atoms with E-state index in [9.17, 15) is 0 Å². The van der Waals surface area contributed by atoms with Crippen molar-refractivity contribution in [2.75, 3.05) is 5.32 Å². The quantitative estimate of drug-likeness (QED) is 0.770. The minimum Gasteiger partial charge on any atom is -0.367 e. The molecule has 0 unspecified atom stereocenters. The maximum Gasteiger partial charge on any atom is 0.125 e. The summed E-state index contributed by atoms with van der Waals surface area (Å²) in [5.41, 5.74) is 2.00. The van der Waals surface area contributed by atoms with Crippen LogP contribution in [0.3, 0.4) is 0 Å². The van der Waals surface area contributed by atoms with E-state index in [0.29, 0.717) is 0 Å². The van der Waals surface area contributed by atoms with Gasteiger partial charge in [0.25, 0.3) is 0 Å². The summed E-state index contributed by atoms with van der Waals surface area (Å²) in [5, 5.41) is 12.4. The maximum atomic E-state index is 9.05. The Hall–Kier alpha value is -1.49. The molecule has 1 fully saturated rings. The number of nitrogens with one attached hydrogen (secondary N) is 1. The third-order valence-electron chi connectivity index (χ3n) is 2.82. The number of aryl methyl sites for hydroxylation is 1. The molecule has 14 heavy (non-hydrogen) atoms. The fourth-order valence-corrected chi connectivity index (χ4v) is 1.79. The van der Waals surface area contributed by atoms with Gasteiger partial charge in [-0.1, -0.05) is 12.1 Å². The van der Waals surface area contributed by atoms with E-state index in [1.807, 2.05) is 12.1 Å². The molecule has 0 saturated heterocycles. The molecule has 1 N–H and O–H groups in total. The number of hydrogen-bond donors (Lipinski definition) is 1. The van der Waals surface area contributed by atoms with Crippen LogP contribution in [0.2, 0.25) is 0 Å². The van der Waals surface area contributed by atoms with Crippen molar-refractivity contribution in [1.82, 2.24) is 0 Å². The molecule has 1 saturated carbocycles. The van der Waals surface area contributed by atoms with E-state index >= 15 is 0 Å². The summed E-state index contributed by atoms with van der Waals surface area (Å²) in [5.74, 6) is 0. The summed E-state index contributed by atoms with van der Waals surface area (Å²) < 4.78 is 0. The number of anilines is 1. The molecule has 0 aliphatic heterocycles. The zero-order valence-corrected chi connectivity index (χ0v) is 8.38. The minimum atomic E-state index is -0.284. The van der Waals surface area contributed by atoms with Gasteiger partial charge in [0, 0.05) is 5.69 Å². The predicted molar refractivity (Wildman–Crippen MR) is 57.0 cm³/mol. The van der Waals surface area contributed by atoms with Crippen LogP contribution in [0.1, 0.15) is 24.8 Å². The molecule has 1 aromatic rings. The van der Waals surface area contributed by atoms with Crippen LogP contribution in [0.5, 0.6) is 0 Å². The maximum absolute atomic E-state index is 9.05. The number of benzene rings is 1. The Kier molecular flexibility index (Phi) is 2.17. The van der Waals surface area contributed by atoms with Crippen molar-refractivity contribution in [3.05, 3.63) is 29.8 Å². The molecule has 0 bridgehead atoms. The molecule has 0 atom stereocenters. The summed E-state index contributed by atoms with van der Waals surface area (Å²) in [7, 11) is 0. The SMILES string of the molecule is Cc1cccc(NC2(C#N)CCC2)c1. The van der Waals surface area contributed by atoms with Gasteiger partial charge in [-0.05, 0) is 43.9 Å². The largest absolute Gasteiger partial charge is 0.367 e. The molecule has 2 heteroatoms.